The van der Waals surface area contributed by atoms with E-state index in [1.165, 1.54) is 12.4 Å². The summed E-state index contributed by atoms with van der Waals surface area (Å²) in [5.41, 5.74) is 2.91. The van der Waals surface area contributed by atoms with Crippen molar-refractivity contribution in [1.82, 2.24) is 53.9 Å². The van der Waals surface area contributed by atoms with Crippen molar-refractivity contribution in [3.05, 3.63) is 70.2 Å². The third-order valence-electron chi connectivity index (χ3n) is 12.7. The zero-order valence-electron chi connectivity index (χ0n) is 34.8. The maximum Gasteiger partial charge on any atom is 0.262 e. The third kappa shape index (κ3) is 7.77. The predicted octanol–water partition coefficient (Wildman–Crippen LogP) is 3.70. The summed E-state index contributed by atoms with van der Waals surface area (Å²) in [6, 6.07) is 6.72. The number of amides is 4. The minimum Gasteiger partial charge on any atom is -0.354 e. The first-order valence-electron chi connectivity index (χ1n) is 21.4. The van der Waals surface area contributed by atoms with E-state index < -0.39 is 39.7 Å². The lowest BCUT2D eigenvalue weighted by Gasteiger charge is -2.43. The Hall–Kier alpha value is -5.64. The van der Waals surface area contributed by atoms with Crippen LogP contribution >= 0.6 is 15.9 Å². The van der Waals surface area contributed by atoms with Crippen LogP contribution in [0.2, 0.25) is 0 Å². The number of nitrogens with one attached hydrogen (secondary N) is 2. The quantitative estimate of drug-likeness (QED) is 0.181. The van der Waals surface area contributed by atoms with E-state index in [2.05, 4.69) is 70.2 Å². The van der Waals surface area contributed by atoms with Gasteiger partial charge in [-0.25, -0.2) is 23.4 Å². The molecule has 63 heavy (non-hydrogen) atoms. The van der Waals surface area contributed by atoms with Gasteiger partial charge in [-0.05, 0) is 69.7 Å². The number of pyridine rings is 1. The van der Waals surface area contributed by atoms with E-state index in [1.54, 1.807) is 24.4 Å². The predicted molar refractivity (Wildman–Crippen MR) is 235 cm³/mol. The summed E-state index contributed by atoms with van der Waals surface area (Å²) < 4.78 is 29.1. The summed E-state index contributed by atoms with van der Waals surface area (Å²) in [7, 11) is -3.50. The van der Waals surface area contributed by atoms with Crippen LogP contribution in [0.5, 0.6) is 0 Å². The number of carbonyl (C=O) groups is 4. The van der Waals surface area contributed by atoms with Crippen LogP contribution in [0.1, 0.15) is 84.7 Å². The van der Waals surface area contributed by atoms with Crippen molar-refractivity contribution in [2.24, 2.45) is 0 Å². The Morgan fingerprint density at radius 1 is 0.889 bits per heavy atom. The smallest absolute Gasteiger partial charge is 0.262 e. The van der Waals surface area contributed by atoms with Crippen molar-refractivity contribution < 1.29 is 27.6 Å². The van der Waals surface area contributed by atoms with Crippen LogP contribution in [-0.4, -0.2) is 137 Å². The largest absolute Gasteiger partial charge is 0.354 e. The third-order valence-corrected chi connectivity index (χ3v) is 15.5. The molecule has 0 radical (unpaired) electrons. The van der Waals surface area contributed by atoms with Crippen molar-refractivity contribution in [3.63, 3.8) is 0 Å². The highest BCUT2D eigenvalue weighted by molar-refractivity contribution is 9.10. The van der Waals surface area contributed by atoms with Gasteiger partial charge in [-0.2, -0.15) is 14.3 Å². The van der Waals surface area contributed by atoms with Crippen LogP contribution in [0.4, 0.5) is 17.5 Å². The number of carbonyl (C=O) groups excluding carboxylic acids is 4. The Balaban J connectivity index is 0.757. The first kappa shape index (κ1) is 41.4. The van der Waals surface area contributed by atoms with E-state index in [1.807, 2.05) is 16.9 Å². The van der Waals surface area contributed by atoms with Gasteiger partial charge in [-0.1, -0.05) is 15.9 Å². The molecule has 0 spiro atoms. The number of hydrogen-bond acceptors (Lipinski definition) is 15. The van der Waals surface area contributed by atoms with E-state index in [0.717, 1.165) is 87.9 Å². The average molecular weight is 941 g/mol. The second-order valence-corrected chi connectivity index (χ2v) is 20.1. The highest BCUT2D eigenvalue weighted by atomic mass is 79.9. The molecule has 5 aromatic rings. The van der Waals surface area contributed by atoms with Crippen molar-refractivity contribution in [2.75, 3.05) is 49.5 Å². The topological polar surface area (TPSA) is 214 Å². The van der Waals surface area contributed by atoms with Crippen LogP contribution in [0, 0.1) is 0 Å². The van der Waals surface area contributed by atoms with E-state index in [9.17, 15) is 27.6 Å². The first-order chi connectivity index (χ1) is 30.3. The number of rotatable bonds is 11. The summed E-state index contributed by atoms with van der Waals surface area (Å²) in [5, 5.41) is 15.3. The van der Waals surface area contributed by atoms with Gasteiger partial charge in [-0.3, -0.25) is 43.9 Å². The van der Waals surface area contributed by atoms with Crippen LogP contribution in [0.15, 0.2) is 53.5 Å². The fourth-order valence-corrected chi connectivity index (χ4v) is 11.1. The zero-order chi connectivity index (χ0) is 43.7. The van der Waals surface area contributed by atoms with Crippen LogP contribution < -0.4 is 15.5 Å². The molecule has 4 aliphatic heterocycles. The van der Waals surface area contributed by atoms with Crippen LogP contribution in [-0.2, 0) is 26.2 Å². The highest BCUT2D eigenvalue weighted by Crippen LogP contribution is 2.35. The van der Waals surface area contributed by atoms with Gasteiger partial charge >= 0.3 is 0 Å². The fourth-order valence-electron chi connectivity index (χ4n) is 9.12. The molecule has 2 N–H and O–H groups in total. The minimum absolute atomic E-state index is 0.0774. The minimum atomic E-state index is -3.50. The van der Waals surface area contributed by atoms with Crippen LogP contribution in [0.3, 0.4) is 0 Å². The lowest BCUT2D eigenvalue weighted by Crippen LogP contribution is -2.54. The van der Waals surface area contributed by atoms with Crippen molar-refractivity contribution in [1.29, 1.82) is 0 Å². The molecule has 1 aliphatic carbocycles. The number of hydrogen-bond donors (Lipinski definition) is 2. The monoisotopic (exact) mass is 939 g/mol. The van der Waals surface area contributed by atoms with Gasteiger partial charge in [0.25, 0.3) is 21.8 Å². The number of benzene rings is 1. The first-order valence-corrected chi connectivity index (χ1v) is 23.6. The second kappa shape index (κ2) is 16.2. The lowest BCUT2D eigenvalue weighted by molar-refractivity contribution is -0.136. The van der Waals surface area contributed by atoms with Gasteiger partial charge in [0.2, 0.25) is 11.8 Å². The number of nitrogens with zero attached hydrogens (tertiary/aromatic N) is 11. The molecule has 1 saturated carbocycles. The molecule has 5 aliphatic rings. The molecular formula is C42H46BrN13O6S. The number of halogens is 1. The van der Waals surface area contributed by atoms with Crippen molar-refractivity contribution in [2.45, 2.75) is 82.3 Å². The normalized spacial score (nSPS) is 20.6. The summed E-state index contributed by atoms with van der Waals surface area (Å²) in [6.07, 6.45) is 9.90. The molecule has 328 valence electrons. The van der Waals surface area contributed by atoms with Gasteiger partial charge in [0.05, 0.1) is 45.2 Å². The highest BCUT2D eigenvalue weighted by Gasteiger charge is 2.45. The number of piperazine rings is 1. The number of anilines is 3. The molecule has 1 aromatic carbocycles. The maximum atomic E-state index is 13.4. The van der Waals surface area contributed by atoms with E-state index in [-0.39, 0.29) is 35.3 Å². The van der Waals surface area contributed by atoms with Crippen molar-refractivity contribution in [3.8, 4) is 11.4 Å². The molecule has 1 atom stereocenters. The van der Waals surface area contributed by atoms with Gasteiger partial charge in [-0.15, -0.1) is 0 Å². The average Bonchev–Trinajstić information content (AvgIpc) is 3.82. The molecule has 4 fully saturated rings. The Kier molecular flexibility index (Phi) is 10.6. The molecule has 19 nitrogen and oxygen atoms in total. The number of imide groups is 2. The number of fused-ring (bicyclic) bond motifs is 2. The SMILES string of the molecule is CC(C)n1nc(N2CCC(N3CCN(Cc4cc5c(cc4Br)C(=O)N(C4CCC(=O)NC4=O)C5=O)CC3)CC2)c2cnc(Nc3ccnc(-c4cnn(S(=O)(=O)C5CC5)c4)n3)cc21. The lowest BCUT2D eigenvalue weighted by atomic mass is 10.0. The standard InChI is InChI=1S/C42H46BrN13O6S/c1-24(2)56-34-19-36(47-35-7-10-44-38(48-35)26-20-46-54(23-26)63(61,62)28-3-4-28)45-21-31(34)39(50-56)53-11-8-27(9-12-53)52-15-13-51(14-16-52)22-25-17-29-30(18-32(25)43)42(60)55(41(29)59)33-5-6-37(57)49-40(33)58/h7,10,17-21,23-24,27-28,33H,3-6,8-9,11-16,22H2,1-2H3,(H,49,57,58)(H,44,45,47,48). The van der Waals surface area contributed by atoms with Gasteiger partial charge in [0, 0.05) is 87.3 Å². The molecule has 10 rings (SSSR count). The Bertz CT molecular complexity index is 2790. The van der Waals surface area contributed by atoms with Crippen LogP contribution in [0.25, 0.3) is 22.3 Å². The molecule has 4 aromatic heterocycles. The van der Waals surface area contributed by atoms with E-state index >= 15 is 0 Å². The fraction of sp³-hybridized carbons (Fsp3) is 0.452. The van der Waals surface area contributed by atoms with Gasteiger partial charge in [0.15, 0.2) is 11.6 Å². The van der Waals surface area contributed by atoms with E-state index in [4.69, 9.17) is 10.1 Å². The van der Waals surface area contributed by atoms with E-state index in [0.29, 0.717) is 48.5 Å². The number of aromatic nitrogens is 7. The Morgan fingerprint density at radius 3 is 2.35 bits per heavy atom. The Morgan fingerprint density at radius 2 is 1.63 bits per heavy atom. The summed E-state index contributed by atoms with van der Waals surface area (Å²) in [6.45, 7) is 10.1. The molecule has 4 amide bonds. The van der Waals surface area contributed by atoms with Crippen molar-refractivity contribution >= 4 is 77.9 Å². The Labute approximate surface area is 371 Å². The van der Waals surface area contributed by atoms with Gasteiger partial charge < -0.3 is 10.2 Å². The molecular weight excluding hydrogens is 895 g/mol. The molecule has 0 bridgehead atoms. The second-order valence-electron chi connectivity index (χ2n) is 17.2. The maximum absolute atomic E-state index is 13.4. The summed E-state index contributed by atoms with van der Waals surface area (Å²) >= 11 is 3.64. The summed E-state index contributed by atoms with van der Waals surface area (Å²) in [4.78, 5) is 73.0. The molecule has 1 unspecified atom stereocenters. The number of piperidine rings is 2. The zero-order valence-corrected chi connectivity index (χ0v) is 37.2. The molecule has 3 saturated heterocycles. The molecule has 21 heteroatoms. The molecule has 8 heterocycles. The summed E-state index contributed by atoms with van der Waals surface area (Å²) in [5.74, 6) is 0.331. The van der Waals surface area contributed by atoms with Gasteiger partial charge in [0.1, 0.15) is 17.7 Å².